The normalized spacial score (nSPS) is 41.9. The molecule has 2 heterocycles. The van der Waals surface area contributed by atoms with Gasteiger partial charge in [-0.3, -0.25) is 0 Å². The first-order chi connectivity index (χ1) is 5.35. The van der Waals surface area contributed by atoms with Crippen molar-refractivity contribution in [3.8, 4) is 6.07 Å². The Kier molecular flexibility index (Phi) is 1.59. The molecule has 0 spiro atoms. The summed E-state index contributed by atoms with van der Waals surface area (Å²) in [5.41, 5.74) is -0.221. The van der Waals surface area contributed by atoms with Gasteiger partial charge in [0.25, 0.3) is 0 Å². The SMILES string of the molecule is N#CC1(CC2CO2)CCOC1. The quantitative estimate of drug-likeness (QED) is 0.549. The Balaban J connectivity index is 1.97. The standard InChI is InChI=1S/C8H11NO2/c9-5-8(1-2-10-6-8)3-7-4-11-7/h7H,1-4,6H2. The highest BCUT2D eigenvalue weighted by Crippen LogP contribution is 2.36. The number of epoxide rings is 1. The maximum absolute atomic E-state index is 8.91. The maximum Gasteiger partial charge on any atom is 0.0854 e. The Labute approximate surface area is 65.9 Å². The van der Waals surface area contributed by atoms with E-state index in [2.05, 4.69) is 6.07 Å². The minimum absolute atomic E-state index is 0.221. The van der Waals surface area contributed by atoms with Gasteiger partial charge in [0.05, 0.1) is 30.8 Å². The molecule has 2 saturated heterocycles. The Morgan fingerprint density at radius 3 is 2.91 bits per heavy atom. The van der Waals surface area contributed by atoms with E-state index in [4.69, 9.17) is 14.7 Å². The van der Waals surface area contributed by atoms with Crippen LogP contribution in [0.3, 0.4) is 0 Å². The van der Waals surface area contributed by atoms with Crippen molar-refractivity contribution >= 4 is 0 Å². The van der Waals surface area contributed by atoms with Gasteiger partial charge in [0, 0.05) is 6.61 Å². The second kappa shape index (κ2) is 2.47. The van der Waals surface area contributed by atoms with Crippen molar-refractivity contribution in [2.45, 2.75) is 18.9 Å². The van der Waals surface area contributed by atoms with Crippen molar-refractivity contribution in [1.82, 2.24) is 0 Å². The number of rotatable bonds is 2. The molecule has 2 aliphatic heterocycles. The highest BCUT2D eigenvalue weighted by molar-refractivity contribution is 5.03. The molecule has 2 atom stereocenters. The first-order valence-corrected chi connectivity index (χ1v) is 3.95. The molecular formula is C8H11NO2. The van der Waals surface area contributed by atoms with Crippen LogP contribution in [0, 0.1) is 16.7 Å². The van der Waals surface area contributed by atoms with Crippen LogP contribution in [0.25, 0.3) is 0 Å². The van der Waals surface area contributed by atoms with Gasteiger partial charge in [0.2, 0.25) is 0 Å². The highest BCUT2D eigenvalue weighted by atomic mass is 16.6. The molecular weight excluding hydrogens is 142 g/mol. The third kappa shape index (κ3) is 1.37. The van der Waals surface area contributed by atoms with Crippen LogP contribution in [-0.2, 0) is 9.47 Å². The Morgan fingerprint density at radius 2 is 2.45 bits per heavy atom. The van der Waals surface area contributed by atoms with Crippen molar-refractivity contribution in [2.75, 3.05) is 19.8 Å². The van der Waals surface area contributed by atoms with E-state index in [1.807, 2.05) is 0 Å². The van der Waals surface area contributed by atoms with Crippen molar-refractivity contribution < 1.29 is 9.47 Å². The van der Waals surface area contributed by atoms with Crippen LogP contribution in [0.2, 0.25) is 0 Å². The molecule has 0 aliphatic carbocycles. The van der Waals surface area contributed by atoms with Crippen molar-refractivity contribution in [3.63, 3.8) is 0 Å². The summed E-state index contributed by atoms with van der Waals surface area (Å²) in [5, 5.41) is 8.91. The van der Waals surface area contributed by atoms with Crippen LogP contribution >= 0.6 is 0 Å². The fourth-order valence-electron chi connectivity index (χ4n) is 1.52. The Morgan fingerprint density at radius 1 is 1.64 bits per heavy atom. The summed E-state index contributed by atoms with van der Waals surface area (Å²) in [7, 11) is 0. The van der Waals surface area contributed by atoms with Gasteiger partial charge in [0.1, 0.15) is 0 Å². The summed E-state index contributed by atoms with van der Waals surface area (Å²) in [6.07, 6.45) is 2.09. The van der Waals surface area contributed by atoms with Crippen LogP contribution in [0.5, 0.6) is 0 Å². The third-order valence-electron chi connectivity index (χ3n) is 2.36. The fraction of sp³-hybridized carbons (Fsp3) is 0.875. The van der Waals surface area contributed by atoms with Crippen LogP contribution < -0.4 is 0 Å². The van der Waals surface area contributed by atoms with Crippen molar-refractivity contribution in [3.05, 3.63) is 0 Å². The first-order valence-electron chi connectivity index (χ1n) is 3.95. The van der Waals surface area contributed by atoms with Gasteiger partial charge < -0.3 is 9.47 Å². The van der Waals surface area contributed by atoms with Crippen LogP contribution in [-0.4, -0.2) is 25.9 Å². The molecule has 11 heavy (non-hydrogen) atoms. The lowest BCUT2D eigenvalue weighted by molar-refractivity contribution is 0.164. The second-order valence-electron chi connectivity index (χ2n) is 3.35. The summed E-state index contributed by atoms with van der Waals surface area (Å²) < 4.78 is 10.3. The van der Waals surface area contributed by atoms with Crippen molar-refractivity contribution in [1.29, 1.82) is 5.26 Å². The van der Waals surface area contributed by atoms with Crippen LogP contribution in [0.4, 0.5) is 0 Å². The van der Waals surface area contributed by atoms with E-state index in [0.29, 0.717) is 12.7 Å². The zero-order valence-electron chi connectivity index (χ0n) is 6.38. The summed E-state index contributed by atoms with van der Waals surface area (Å²) >= 11 is 0. The average Bonchev–Trinajstić information content (AvgIpc) is 2.68. The predicted octanol–water partition coefficient (Wildman–Crippen LogP) is 0.706. The molecule has 3 nitrogen and oxygen atoms in total. The smallest absolute Gasteiger partial charge is 0.0854 e. The zero-order chi connectivity index (χ0) is 7.73. The van der Waals surface area contributed by atoms with E-state index in [-0.39, 0.29) is 5.41 Å². The van der Waals surface area contributed by atoms with E-state index in [1.54, 1.807) is 0 Å². The molecule has 2 fully saturated rings. The third-order valence-corrected chi connectivity index (χ3v) is 2.36. The van der Waals surface area contributed by atoms with Crippen LogP contribution in [0.15, 0.2) is 0 Å². The fourth-order valence-corrected chi connectivity index (χ4v) is 1.52. The number of hydrogen-bond donors (Lipinski definition) is 0. The summed E-state index contributed by atoms with van der Waals surface area (Å²) in [4.78, 5) is 0. The van der Waals surface area contributed by atoms with E-state index in [9.17, 15) is 0 Å². The number of hydrogen-bond acceptors (Lipinski definition) is 3. The topological polar surface area (TPSA) is 45.5 Å². The average molecular weight is 153 g/mol. The maximum atomic E-state index is 8.91. The molecule has 0 saturated carbocycles. The molecule has 0 aromatic rings. The first kappa shape index (κ1) is 7.08. The van der Waals surface area contributed by atoms with E-state index < -0.39 is 0 Å². The molecule has 2 unspecified atom stereocenters. The molecule has 60 valence electrons. The lowest BCUT2D eigenvalue weighted by atomic mass is 9.84. The molecule has 0 aromatic heterocycles. The van der Waals surface area contributed by atoms with Gasteiger partial charge in [0.15, 0.2) is 0 Å². The number of ether oxygens (including phenoxy) is 2. The van der Waals surface area contributed by atoms with Gasteiger partial charge in [-0.05, 0) is 12.8 Å². The molecule has 2 rings (SSSR count). The summed E-state index contributed by atoms with van der Waals surface area (Å²) in [6.45, 7) is 2.17. The van der Waals surface area contributed by atoms with E-state index in [0.717, 1.165) is 26.1 Å². The van der Waals surface area contributed by atoms with Gasteiger partial charge in [-0.1, -0.05) is 0 Å². The molecule has 0 amide bonds. The molecule has 0 aromatic carbocycles. The minimum Gasteiger partial charge on any atom is -0.380 e. The minimum atomic E-state index is -0.221. The predicted molar refractivity (Wildman–Crippen MR) is 37.8 cm³/mol. The largest absolute Gasteiger partial charge is 0.380 e. The van der Waals surface area contributed by atoms with Gasteiger partial charge in [-0.25, -0.2) is 0 Å². The molecule has 0 N–H and O–H groups in total. The monoisotopic (exact) mass is 153 g/mol. The Hall–Kier alpha value is -0.590. The second-order valence-corrected chi connectivity index (χ2v) is 3.35. The van der Waals surface area contributed by atoms with Crippen molar-refractivity contribution in [2.24, 2.45) is 5.41 Å². The summed E-state index contributed by atoms with van der Waals surface area (Å²) in [5.74, 6) is 0. The highest BCUT2D eigenvalue weighted by Gasteiger charge is 2.41. The van der Waals surface area contributed by atoms with E-state index in [1.165, 1.54) is 0 Å². The van der Waals surface area contributed by atoms with Gasteiger partial charge in [-0.2, -0.15) is 5.26 Å². The number of nitriles is 1. The van der Waals surface area contributed by atoms with Gasteiger partial charge >= 0.3 is 0 Å². The van der Waals surface area contributed by atoms with Crippen LogP contribution in [0.1, 0.15) is 12.8 Å². The summed E-state index contributed by atoms with van der Waals surface area (Å²) in [6, 6.07) is 2.34. The molecule has 0 radical (unpaired) electrons. The lowest BCUT2D eigenvalue weighted by Crippen LogP contribution is -2.20. The molecule has 0 bridgehead atoms. The van der Waals surface area contributed by atoms with E-state index >= 15 is 0 Å². The van der Waals surface area contributed by atoms with Gasteiger partial charge in [-0.15, -0.1) is 0 Å². The molecule has 2 aliphatic rings. The number of nitrogens with zero attached hydrogens (tertiary/aromatic N) is 1. The molecule has 3 heteroatoms. The lowest BCUT2D eigenvalue weighted by Gasteiger charge is -2.15. The zero-order valence-corrected chi connectivity index (χ0v) is 6.38. The Bertz CT molecular complexity index is 187.